The summed E-state index contributed by atoms with van der Waals surface area (Å²) in [5.74, 6) is 0.756. The van der Waals surface area contributed by atoms with Gasteiger partial charge in [0.2, 0.25) is 10.0 Å². The van der Waals surface area contributed by atoms with Gasteiger partial charge < -0.3 is 10.5 Å². The first-order valence-corrected chi connectivity index (χ1v) is 8.57. The van der Waals surface area contributed by atoms with E-state index >= 15 is 0 Å². The Morgan fingerprint density at radius 1 is 1.38 bits per heavy atom. The Bertz CT molecular complexity index is 576. The summed E-state index contributed by atoms with van der Waals surface area (Å²) in [4.78, 5) is 0.0455. The summed E-state index contributed by atoms with van der Waals surface area (Å²) < 4.78 is 31.4. The second-order valence-electron chi connectivity index (χ2n) is 5.32. The molecular formula is C14H23ClN2O3S. The highest BCUT2D eigenvalue weighted by atomic mass is 35.5. The molecule has 0 heterocycles. The molecule has 0 aliphatic rings. The molecule has 0 radical (unpaired) electrons. The summed E-state index contributed by atoms with van der Waals surface area (Å²) in [5, 5.41) is 0.177. The molecule has 1 aromatic rings. The molecule has 0 aliphatic heterocycles. The Labute approximate surface area is 132 Å². The highest BCUT2D eigenvalue weighted by molar-refractivity contribution is 7.89. The average Bonchev–Trinajstić information content (AvgIpc) is 2.44. The van der Waals surface area contributed by atoms with Gasteiger partial charge in [0, 0.05) is 25.7 Å². The van der Waals surface area contributed by atoms with E-state index in [9.17, 15) is 8.42 Å². The molecule has 1 atom stereocenters. The molecule has 0 saturated carbocycles. The molecule has 1 rings (SSSR count). The highest BCUT2D eigenvalue weighted by Crippen LogP contribution is 2.28. The number of nitrogens with zero attached hydrogens (tertiary/aromatic N) is 1. The molecule has 0 bridgehead atoms. The Hall–Kier alpha value is -0.820. The molecule has 1 aromatic carbocycles. The number of nitrogens with two attached hydrogens (primary N) is 1. The molecule has 0 fully saturated rings. The first-order chi connectivity index (χ1) is 9.70. The summed E-state index contributed by atoms with van der Waals surface area (Å²) in [5.41, 5.74) is 5.95. The average molecular weight is 335 g/mol. The van der Waals surface area contributed by atoms with E-state index in [0.717, 1.165) is 0 Å². The molecule has 7 heteroatoms. The van der Waals surface area contributed by atoms with Gasteiger partial charge in [-0.15, -0.1) is 0 Å². The summed E-state index contributed by atoms with van der Waals surface area (Å²) in [6, 6.07) is 4.52. The molecular weight excluding hydrogens is 312 g/mol. The van der Waals surface area contributed by atoms with Crippen LogP contribution in [0.2, 0.25) is 5.02 Å². The fourth-order valence-electron chi connectivity index (χ4n) is 1.76. The van der Waals surface area contributed by atoms with E-state index in [1.807, 2.05) is 13.8 Å². The third-order valence-electron chi connectivity index (χ3n) is 3.46. The van der Waals surface area contributed by atoms with Gasteiger partial charge in [-0.25, -0.2) is 12.7 Å². The van der Waals surface area contributed by atoms with Gasteiger partial charge in [-0.3, -0.25) is 0 Å². The summed E-state index contributed by atoms with van der Waals surface area (Å²) in [7, 11) is -0.655. The Balaban J connectivity index is 2.94. The minimum absolute atomic E-state index is 0.0385. The van der Waals surface area contributed by atoms with Crippen LogP contribution in [0.4, 0.5) is 0 Å². The minimum Gasteiger partial charge on any atom is -0.497 e. The zero-order chi connectivity index (χ0) is 16.2. The van der Waals surface area contributed by atoms with E-state index in [0.29, 0.717) is 24.6 Å². The largest absolute Gasteiger partial charge is 0.497 e. The maximum absolute atomic E-state index is 12.5. The molecule has 21 heavy (non-hydrogen) atoms. The third-order valence-corrected chi connectivity index (χ3v) is 5.80. The van der Waals surface area contributed by atoms with Gasteiger partial charge in [-0.2, -0.15) is 0 Å². The van der Waals surface area contributed by atoms with Gasteiger partial charge in [-0.05, 0) is 24.5 Å². The van der Waals surface area contributed by atoms with Crippen LogP contribution in [0, 0.1) is 5.92 Å². The lowest BCUT2D eigenvalue weighted by Gasteiger charge is -2.22. The van der Waals surface area contributed by atoms with Gasteiger partial charge in [-0.1, -0.05) is 25.4 Å². The predicted octanol–water partition coefficient (Wildman–Crippen LogP) is 2.34. The van der Waals surface area contributed by atoms with Crippen molar-refractivity contribution < 1.29 is 13.2 Å². The van der Waals surface area contributed by atoms with Gasteiger partial charge in [0.15, 0.2) is 0 Å². The van der Waals surface area contributed by atoms with Crippen LogP contribution in [-0.2, 0) is 10.0 Å². The number of hydrogen-bond donors (Lipinski definition) is 1. The zero-order valence-corrected chi connectivity index (χ0v) is 14.4. The molecule has 0 aromatic heterocycles. The summed E-state index contributed by atoms with van der Waals surface area (Å²) >= 11 is 6.01. The lowest BCUT2D eigenvalue weighted by Crippen LogP contribution is -2.34. The van der Waals surface area contributed by atoms with Gasteiger partial charge in [0.25, 0.3) is 0 Å². The molecule has 0 spiro atoms. The maximum Gasteiger partial charge on any atom is 0.244 e. The topological polar surface area (TPSA) is 72.6 Å². The van der Waals surface area contributed by atoms with Crippen LogP contribution in [0.5, 0.6) is 5.75 Å². The number of methoxy groups -OCH3 is 1. The number of benzene rings is 1. The van der Waals surface area contributed by atoms with Crippen LogP contribution >= 0.6 is 11.6 Å². The van der Waals surface area contributed by atoms with Crippen molar-refractivity contribution in [2.75, 3.05) is 20.7 Å². The minimum atomic E-state index is -3.66. The van der Waals surface area contributed by atoms with E-state index in [1.165, 1.54) is 30.6 Å². The molecule has 0 aliphatic carbocycles. The van der Waals surface area contributed by atoms with E-state index in [4.69, 9.17) is 22.1 Å². The van der Waals surface area contributed by atoms with Gasteiger partial charge >= 0.3 is 0 Å². The standard InChI is InChI=1S/C14H23ClN2O3S/c1-10(2)13(16)7-8-17(3)21(18,19)14-9-11(20-4)5-6-12(14)15/h5-6,9-10,13H,7-8,16H2,1-4H3. The van der Waals surface area contributed by atoms with E-state index in [1.54, 1.807) is 6.07 Å². The van der Waals surface area contributed by atoms with E-state index in [2.05, 4.69) is 0 Å². The Morgan fingerprint density at radius 2 is 2.00 bits per heavy atom. The van der Waals surface area contributed by atoms with Gasteiger partial charge in [0.05, 0.1) is 12.1 Å². The van der Waals surface area contributed by atoms with Gasteiger partial charge in [0.1, 0.15) is 10.6 Å². The molecule has 0 amide bonds. The van der Waals surface area contributed by atoms with Crippen LogP contribution in [0.25, 0.3) is 0 Å². The summed E-state index contributed by atoms with van der Waals surface area (Å²) in [6.07, 6.45) is 0.592. The first kappa shape index (κ1) is 18.2. The number of halogens is 1. The molecule has 0 saturated heterocycles. The van der Waals surface area contributed by atoms with Crippen LogP contribution < -0.4 is 10.5 Å². The zero-order valence-electron chi connectivity index (χ0n) is 12.8. The predicted molar refractivity (Wildman–Crippen MR) is 85.3 cm³/mol. The van der Waals surface area contributed by atoms with Crippen LogP contribution in [0.3, 0.4) is 0 Å². The van der Waals surface area contributed by atoms with Crippen LogP contribution in [0.1, 0.15) is 20.3 Å². The fourth-order valence-corrected chi connectivity index (χ4v) is 3.43. The van der Waals surface area contributed by atoms with Crippen molar-refractivity contribution >= 4 is 21.6 Å². The van der Waals surface area contributed by atoms with Crippen molar-refractivity contribution in [2.45, 2.75) is 31.2 Å². The monoisotopic (exact) mass is 334 g/mol. The van der Waals surface area contributed by atoms with Crippen molar-refractivity contribution in [3.8, 4) is 5.75 Å². The fraction of sp³-hybridized carbons (Fsp3) is 0.571. The highest BCUT2D eigenvalue weighted by Gasteiger charge is 2.24. The SMILES string of the molecule is COc1ccc(Cl)c(S(=O)(=O)N(C)CCC(N)C(C)C)c1. The number of sulfonamides is 1. The number of ether oxygens (including phenoxy) is 1. The Morgan fingerprint density at radius 3 is 2.52 bits per heavy atom. The summed E-state index contributed by atoms with van der Waals surface area (Å²) in [6.45, 7) is 4.37. The van der Waals surface area contributed by atoms with Crippen molar-refractivity contribution in [1.29, 1.82) is 0 Å². The van der Waals surface area contributed by atoms with Crippen molar-refractivity contribution in [3.63, 3.8) is 0 Å². The lowest BCUT2D eigenvalue weighted by atomic mass is 10.0. The molecule has 1 unspecified atom stereocenters. The molecule has 5 nitrogen and oxygen atoms in total. The molecule has 2 N–H and O–H groups in total. The second kappa shape index (κ2) is 7.45. The van der Waals surface area contributed by atoms with E-state index < -0.39 is 10.0 Å². The van der Waals surface area contributed by atoms with Crippen molar-refractivity contribution in [3.05, 3.63) is 23.2 Å². The first-order valence-electron chi connectivity index (χ1n) is 6.75. The lowest BCUT2D eigenvalue weighted by molar-refractivity contribution is 0.396. The Kier molecular flexibility index (Phi) is 6.46. The van der Waals surface area contributed by atoms with Crippen LogP contribution in [0.15, 0.2) is 23.1 Å². The maximum atomic E-state index is 12.5. The smallest absolute Gasteiger partial charge is 0.244 e. The van der Waals surface area contributed by atoms with E-state index in [-0.39, 0.29) is 16.0 Å². The van der Waals surface area contributed by atoms with Crippen molar-refractivity contribution in [2.24, 2.45) is 11.7 Å². The van der Waals surface area contributed by atoms with Crippen molar-refractivity contribution in [1.82, 2.24) is 4.31 Å². The second-order valence-corrected chi connectivity index (χ2v) is 7.74. The van der Waals surface area contributed by atoms with Crippen LogP contribution in [-0.4, -0.2) is 39.5 Å². The number of rotatable bonds is 7. The normalized spacial score (nSPS) is 13.7. The molecule has 120 valence electrons. The number of hydrogen-bond acceptors (Lipinski definition) is 4. The quantitative estimate of drug-likeness (QED) is 0.830. The third kappa shape index (κ3) is 4.57.